The van der Waals surface area contributed by atoms with E-state index in [1.165, 1.54) is 26.4 Å². The van der Waals surface area contributed by atoms with E-state index < -0.39 is 39.6 Å². The van der Waals surface area contributed by atoms with Crippen molar-refractivity contribution in [1.29, 1.82) is 0 Å². The molecule has 4 nitrogen and oxygen atoms in total. The second kappa shape index (κ2) is 4.74. The van der Waals surface area contributed by atoms with Gasteiger partial charge in [-0.25, -0.2) is 0 Å². The van der Waals surface area contributed by atoms with Crippen LogP contribution in [0.25, 0.3) is 0 Å². The highest BCUT2D eigenvalue weighted by Gasteiger charge is 2.86. The molecule has 8 heteroatoms. The summed E-state index contributed by atoms with van der Waals surface area (Å²) in [5.41, 5.74) is 0. The Bertz CT molecular complexity index is 504. The van der Waals surface area contributed by atoms with E-state index in [0.717, 1.165) is 0 Å². The number of halogens is 4. The molecule has 21 heavy (non-hydrogen) atoms. The van der Waals surface area contributed by atoms with Gasteiger partial charge in [-0.2, -0.15) is 0 Å². The van der Waals surface area contributed by atoms with Gasteiger partial charge in [0.05, 0.1) is 22.3 Å². The number of aliphatic hydroxyl groups excluding tert-OH is 2. The summed E-state index contributed by atoms with van der Waals surface area (Å²) in [5.74, 6) is -3.00. The van der Waals surface area contributed by atoms with Crippen molar-refractivity contribution in [2.24, 2.45) is 11.8 Å². The summed E-state index contributed by atoms with van der Waals surface area (Å²) in [6, 6.07) is 0. The third-order valence-electron chi connectivity index (χ3n) is 4.91. The second-order valence-corrected chi connectivity index (χ2v) is 7.44. The normalized spacial score (nSPS) is 50.7. The highest BCUT2D eigenvalue weighted by molar-refractivity contribution is 6.52. The molecule has 2 N–H and O–H groups in total. The average Bonchev–Trinajstić information content (AvgIpc) is 2.72. The van der Waals surface area contributed by atoms with Crippen molar-refractivity contribution in [3.05, 3.63) is 22.2 Å². The SMILES string of the molecule is COC1(OC)[C@@]2(Cl)C(Cl)=C(Cl)[C@]1(Cl)C1C(O)C=C[C@@H](O)[C@H]12. The maximum absolute atomic E-state index is 10.3. The number of aliphatic hydroxyl groups is 2. The molecule has 0 aromatic rings. The van der Waals surface area contributed by atoms with Crippen LogP contribution in [0, 0.1) is 11.8 Å². The third-order valence-corrected chi connectivity index (χ3v) is 7.56. The van der Waals surface area contributed by atoms with Crippen LogP contribution in [0.1, 0.15) is 0 Å². The zero-order valence-electron chi connectivity index (χ0n) is 11.2. The molecular formula is C13H14Cl4O4. The smallest absolute Gasteiger partial charge is 0.217 e. The Kier molecular flexibility index (Phi) is 3.69. The maximum Gasteiger partial charge on any atom is 0.217 e. The summed E-state index contributed by atoms with van der Waals surface area (Å²) in [4.78, 5) is -2.99. The van der Waals surface area contributed by atoms with Crippen LogP contribution in [0.2, 0.25) is 0 Å². The van der Waals surface area contributed by atoms with E-state index in [9.17, 15) is 10.2 Å². The molecule has 1 saturated carbocycles. The zero-order valence-corrected chi connectivity index (χ0v) is 14.2. The molecule has 0 saturated heterocycles. The molecule has 2 bridgehead atoms. The zero-order chi connectivity index (χ0) is 15.8. The van der Waals surface area contributed by atoms with Crippen molar-refractivity contribution in [3.8, 4) is 0 Å². The monoisotopic (exact) mass is 374 g/mol. The Morgan fingerprint density at radius 3 is 1.52 bits per heavy atom. The number of fused-ring (bicyclic) bond motifs is 5. The van der Waals surface area contributed by atoms with E-state index in [1.54, 1.807) is 0 Å². The van der Waals surface area contributed by atoms with Gasteiger partial charge < -0.3 is 19.7 Å². The highest BCUT2D eigenvalue weighted by Crippen LogP contribution is 2.75. The summed E-state index contributed by atoms with van der Waals surface area (Å²) >= 11 is 26.2. The predicted octanol–water partition coefficient (Wildman–Crippen LogP) is 2.17. The van der Waals surface area contributed by atoms with Gasteiger partial charge in [-0.15, -0.1) is 23.2 Å². The molecule has 118 valence electrons. The lowest BCUT2D eigenvalue weighted by Gasteiger charge is -2.41. The van der Waals surface area contributed by atoms with E-state index in [2.05, 4.69) is 0 Å². The van der Waals surface area contributed by atoms with E-state index in [0.29, 0.717) is 0 Å². The number of hydrogen-bond donors (Lipinski definition) is 2. The summed E-state index contributed by atoms with van der Waals surface area (Å²) in [6.07, 6.45) is 1.01. The number of alkyl halides is 2. The first-order valence-electron chi connectivity index (χ1n) is 6.32. The van der Waals surface area contributed by atoms with Crippen molar-refractivity contribution in [2.45, 2.75) is 27.7 Å². The van der Waals surface area contributed by atoms with E-state index in [-0.39, 0.29) is 10.1 Å². The van der Waals surface area contributed by atoms with Gasteiger partial charge in [-0.1, -0.05) is 35.4 Å². The lowest BCUT2D eigenvalue weighted by molar-refractivity contribution is -0.222. The molecular weight excluding hydrogens is 362 g/mol. The number of hydrogen-bond acceptors (Lipinski definition) is 4. The van der Waals surface area contributed by atoms with Gasteiger partial charge in [-0.3, -0.25) is 0 Å². The molecule has 3 aliphatic carbocycles. The van der Waals surface area contributed by atoms with Gasteiger partial charge in [0.25, 0.3) is 0 Å². The largest absolute Gasteiger partial charge is 0.389 e. The number of methoxy groups -OCH3 is 2. The first-order valence-corrected chi connectivity index (χ1v) is 7.84. The topological polar surface area (TPSA) is 58.9 Å². The van der Waals surface area contributed by atoms with Crippen LogP contribution in [-0.2, 0) is 9.47 Å². The van der Waals surface area contributed by atoms with Crippen LogP contribution in [-0.4, -0.2) is 52.2 Å². The van der Waals surface area contributed by atoms with E-state index in [4.69, 9.17) is 55.9 Å². The van der Waals surface area contributed by atoms with Crippen molar-refractivity contribution in [2.75, 3.05) is 14.2 Å². The Morgan fingerprint density at radius 1 is 0.905 bits per heavy atom. The first kappa shape index (κ1) is 16.3. The Hall–Kier alpha value is 0.480. The van der Waals surface area contributed by atoms with Crippen LogP contribution in [0.3, 0.4) is 0 Å². The standard InChI is InChI=1S/C13H14Cl4O4/c1-20-13(21-2)11(16)7-5(18)3-4-6(19)8(7)12(13,17)10(15)9(11)14/h3-8,18-19H,1-2H3/t5-,6?,7-,8?,11+,12-/m1/s1. The lowest BCUT2D eigenvalue weighted by Crippen LogP contribution is -2.58. The minimum absolute atomic E-state index is 0.0762. The number of rotatable bonds is 2. The summed E-state index contributed by atoms with van der Waals surface area (Å²) in [5, 5.41) is 20.9. The molecule has 3 aliphatic rings. The van der Waals surface area contributed by atoms with Gasteiger partial charge >= 0.3 is 0 Å². The van der Waals surface area contributed by atoms with Gasteiger partial charge in [0.15, 0.2) is 0 Å². The van der Waals surface area contributed by atoms with Crippen LogP contribution in [0.5, 0.6) is 0 Å². The molecule has 0 aromatic heterocycles. The molecule has 0 spiro atoms. The van der Waals surface area contributed by atoms with Gasteiger partial charge in [0.2, 0.25) is 5.79 Å². The van der Waals surface area contributed by atoms with Gasteiger partial charge in [0.1, 0.15) is 9.75 Å². The van der Waals surface area contributed by atoms with Crippen LogP contribution < -0.4 is 0 Å². The van der Waals surface area contributed by atoms with Crippen LogP contribution >= 0.6 is 46.4 Å². The molecule has 0 aromatic carbocycles. The van der Waals surface area contributed by atoms with Crippen molar-refractivity contribution in [1.82, 2.24) is 0 Å². The van der Waals surface area contributed by atoms with E-state index >= 15 is 0 Å². The molecule has 6 atom stereocenters. The third kappa shape index (κ3) is 1.45. The number of ether oxygens (including phenoxy) is 2. The Labute approximate surface area is 142 Å². The summed E-state index contributed by atoms with van der Waals surface area (Å²) in [7, 11) is 2.75. The van der Waals surface area contributed by atoms with E-state index in [1.807, 2.05) is 0 Å². The van der Waals surface area contributed by atoms with Crippen LogP contribution in [0.15, 0.2) is 22.2 Å². The second-order valence-electron chi connectivity index (χ2n) is 5.49. The molecule has 0 aliphatic heterocycles. The average molecular weight is 376 g/mol. The van der Waals surface area contributed by atoms with Gasteiger partial charge in [0, 0.05) is 26.1 Å². The lowest BCUT2D eigenvalue weighted by atomic mass is 9.72. The summed E-state index contributed by atoms with van der Waals surface area (Å²) in [6.45, 7) is 0. The predicted molar refractivity (Wildman–Crippen MR) is 80.8 cm³/mol. The molecule has 0 amide bonds. The minimum atomic E-state index is -1.60. The van der Waals surface area contributed by atoms with Crippen molar-refractivity contribution in [3.63, 3.8) is 0 Å². The van der Waals surface area contributed by atoms with Crippen molar-refractivity contribution < 1.29 is 19.7 Å². The quantitative estimate of drug-likeness (QED) is 0.441. The van der Waals surface area contributed by atoms with Gasteiger partial charge in [-0.05, 0) is 0 Å². The fraction of sp³-hybridized carbons (Fsp3) is 0.692. The van der Waals surface area contributed by atoms with Crippen LogP contribution in [0.4, 0.5) is 0 Å². The fourth-order valence-corrected chi connectivity index (χ4v) is 6.41. The minimum Gasteiger partial charge on any atom is -0.389 e. The molecule has 2 unspecified atom stereocenters. The maximum atomic E-state index is 10.3. The molecule has 0 radical (unpaired) electrons. The highest BCUT2D eigenvalue weighted by atomic mass is 35.5. The summed E-state index contributed by atoms with van der Waals surface area (Å²) < 4.78 is 11.0. The molecule has 0 heterocycles. The van der Waals surface area contributed by atoms with Crippen molar-refractivity contribution >= 4 is 46.4 Å². The molecule has 1 fully saturated rings. The fourth-order valence-electron chi connectivity index (χ4n) is 4.14. The first-order chi connectivity index (χ1) is 9.74. The Balaban J connectivity index is 2.34. The Morgan fingerprint density at radius 2 is 1.24 bits per heavy atom. The molecule has 3 rings (SSSR count).